The minimum atomic E-state index is -1.07. The van der Waals surface area contributed by atoms with E-state index in [1.165, 1.54) is 7.11 Å². The molecule has 0 aliphatic carbocycles. The molecular weight excluding hydrogens is 204 g/mol. The van der Waals surface area contributed by atoms with Gasteiger partial charge in [0.15, 0.2) is 0 Å². The highest BCUT2D eigenvalue weighted by Gasteiger charge is 2.07. The molecular formula is C13H14O3. The van der Waals surface area contributed by atoms with Crippen LogP contribution < -0.4 is 4.74 Å². The monoisotopic (exact) mass is 218 g/mol. The molecule has 0 heterocycles. The number of benzene rings is 1. The van der Waals surface area contributed by atoms with Crippen molar-refractivity contribution in [1.29, 1.82) is 0 Å². The molecule has 16 heavy (non-hydrogen) atoms. The zero-order valence-electron chi connectivity index (χ0n) is 9.57. The molecule has 0 saturated carbocycles. The van der Waals surface area contributed by atoms with Crippen LogP contribution in [0.2, 0.25) is 0 Å². The number of carbonyl (C=O) groups is 1. The van der Waals surface area contributed by atoms with Crippen LogP contribution in [0, 0.1) is 11.8 Å². The predicted octanol–water partition coefficient (Wildman–Crippen LogP) is 1.63. The first-order valence-electron chi connectivity index (χ1n) is 4.85. The Hall–Kier alpha value is -1.79. The molecule has 0 bridgehead atoms. The van der Waals surface area contributed by atoms with Gasteiger partial charge in [0.05, 0.1) is 12.7 Å². The van der Waals surface area contributed by atoms with E-state index in [1.54, 1.807) is 32.0 Å². The van der Waals surface area contributed by atoms with Crippen molar-refractivity contribution in [2.75, 3.05) is 7.11 Å². The number of ether oxygens (including phenoxy) is 1. The fourth-order valence-electron chi connectivity index (χ4n) is 1.12. The van der Waals surface area contributed by atoms with Crippen molar-refractivity contribution in [3.8, 4) is 17.6 Å². The Kier molecular flexibility index (Phi) is 3.70. The zero-order chi connectivity index (χ0) is 12.2. The van der Waals surface area contributed by atoms with Gasteiger partial charge in [-0.15, -0.1) is 0 Å². The van der Waals surface area contributed by atoms with Crippen molar-refractivity contribution in [2.45, 2.75) is 19.4 Å². The Morgan fingerprint density at radius 2 is 2.12 bits per heavy atom. The van der Waals surface area contributed by atoms with Crippen LogP contribution >= 0.6 is 0 Å². The Bertz CT molecular complexity index is 444. The third-order valence-corrected chi connectivity index (χ3v) is 1.86. The highest BCUT2D eigenvalue weighted by atomic mass is 16.5. The SMILES string of the molecule is COc1ccc(C=O)cc1C#CC(C)(C)O. The van der Waals surface area contributed by atoms with E-state index in [0.717, 1.165) is 6.29 Å². The van der Waals surface area contributed by atoms with Crippen LogP contribution in [0.3, 0.4) is 0 Å². The number of carbonyl (C=O) groups excluding carboxylic acids is 1. The molecule has 0 aliphatic rings. The predicted molar refractivity (Wildman–Crippen MR) is 61.6 cm³/mol. The summed E-state index contributed by atoms with van der Waals surface area (Å²) in [5.41, 5.74) is 0.0532. The van der Waals surface area contributed by atoms with E-state index in [1.807, 2.05) is 0 Å². The number of methoxy groups -OCH3 is 1. The smallest absolute Gasteiger partial charge is 0.150 e. The van der Waals surface area contributed by atoms with Crippen molar-refractivity contribution < 1.29 is 14.6 Å². The van der Waals surface area contributed by atoms with Gasteiger partial charge in [-0.1, -0.05) is 11.8 Å². The summed E-state index contributed by atoms with van der Waals surface area (Å²) >= 11 is 0. The normalized spacial score (nSPS) is 10.2. The van der Waals surface area contributed by atoms with Crippen LogP contribution in [0.15, 0.2) is 18.2 Å². The van der Waals surface area contributed by atoms with E-state index >= 15 is 0 Å². The lowest BCUT2D eigenvalue weighted by Gasteiger charge is -2.07. The molecule has 0 fully saturated rings. The minimum Gasteiger partial charge on any atom is -0.495 e. The van der Waals surface area contributed by atoms with Gasteiger partial charge in [-0.25, -0.2) is 0 Å². The number of hydrogen-bond acceptors (Lipinski definition) is 3. The number of aliphatic hydroxyl groups is 1. The lowest BCUT2D eigenvalue weighted by atomic mass is 10.1. The average Bonchev–Trinajstić information content (AvgIpc) is 2.25. The number of rotatable bonds is 2. The second-order valence-corrected chi connectivity index (χ2v) is 3.89. The third kappa shape index (κ3) is 3.41. The maximum absolute atomic E-state index is 10.6. The van der Waals surface area contributed by atoms with E-state index in [0.29, 0.717) is 16.9 Å². The molecule has 0 aromatic heterocycles. The molecule has 0 atom stereocenters. The highest BCUT2D eigenvalue weighted by Crippen LogP contribution is 2.18. The van der Waals surface area contributed by atoms with E-state index in [4.69, 9.17) is 4.74 Å². The van der Waals surface area contributed by atoms with Crippen LogP contribution in [0.25, 0.3) is 0 Å². The molecule has 0 unspecified atom stereocenters. The van der Waals surface area contributed by atoms with Crippen molar-refractivity contribution in [3.63, 3.8) is 0 Å². The minimum absolute atomic E-state index is 0.529. The topological polar surface area (TPSA) is 46.5 Å². The van der Waals surface area contributed by atoms with E-state index in [9.17, 15) is 9.90 Å². The second-order valence-electron chi connectivity index (χ2n) is 3.89. The lowest BCUT2D eigenvalue weighted by molar-refractivity contribution is 0.112. The van der Waals surface area contributed by atoms with Crippen LogP contribution in [0.4, 0.5) is 0 Å². The average molecular weight is 218 g/mol. The number of hydrogen-bond donors (Lipinski definition) is 1. The van der Waals surface area contributed by atoms with Gasteiger partial charge in [0, 0.05) is 5.56 Å². The second kappa shape index (κ2) is 4.82. The summed E-state index contributed by atoms with van der Waals surface area (Å²) in [4.78, 5) is 10.6. The molecule has 84 valence electrons. The third-order valence-electron chi connectivity index (χ3n) is 1.86. The molecule has 0 radical (unpaired) electrons. The molecule has 0 aliphatic heterocycles. The molecule has 3 heteroatoms. The van der Waals surface area contributed by atoms with Gasteiger partial charge in [0.25, 0.3) is 0 Å². The van der Waals surface area contributed by atoms with Gasteiger partial charge in [-0.3, -0.25) is 4.79 Å². The Labute approximate surface area is 95.1 Å². The summed E-state index contributed by atoms with van der Waals surface area (Å²) < 4.78 is 5.11. The number of aldehydes is 1. The fourth-order valence-corrected chi connectivity index (χ4v) is 1.12. The van der Waals surface area contributed by atoms with Crippen LogP contribution in [0.5, 0.6) is 5.75 Å². The molecule has 1 aromatic carbocycles. The van der Waals surface area contributed by atoms with Crippen molar-refractivity contribution in [2.24, 2.45) is 0 Å². The zero-order valence-corrected chi connectivity index (χ0v) is 9.57. The Balaban J connectivity index is 3.18. The largest absolute Gasteiger partial charge is 0.495 e. The van der Waals surface area contributed by atoms with Crippen LogP contribution in [-0.2, 0) is 0 Å². The van der Waals surface area contributed by atoms with Gasteiger partial charge in [0.2, 0.25) is 0 Å². The van der Waals surface area contributed by atoms with Gasteiger partial charge in [-0.2, -0.15) is 0 Å². The molecule has 0 saturated heterocycles. The summed E-state index contributed by atoms with van der Waals surface area (Å²) in [6, 6.07) is 4.96. The van der Waals surface area contributed by atoms with Gasteiger partial charge < -0.3 is 9.84 Å². The molecule has 1 rings (SSSR count). The molecule has 3 nitrogen and oxygen atoms in total. The van der Waals surface area contributed by atoms with Crippen LogP contribution in [-0.4, -0.2) is 24.1 Å². The molecule has 1 N–H and O–H groups in total. The van der Waals surface area contributed by atoms with E-state index in [2.05, 4.69) is 11.8 Å². The summed E-state index contributed by atoms with van der Waals surface area (Å²) in [7, 11) is 1.53. The summed E-state index contributed by atoms with van der Waals surface area (Å²) in [6.07, 6.45) is 0.745. The molecule has 1 aromatic rings. The van der Waals surface area contributed by atoms with E-state index in [-0.39, 0.29) is 0 Å². The maximum Gasteiger partial charge on any atom is 0.150 e. The Morgan fingerprint density at radius 3 is 2.62 bits per heavy atom. The van der Waals surface area contributed by atoms with E-state index < -0.39 is 5.60 Å². The lowest BCUT2D eigenvalue weighted by Crippen LogP contribution is -2.14. The van der Waals surface area contributed by atoms with Gasteiger partial charge in [0.1, 0.15) is 17.6 Å². The molecule has 0 amide bonds. The summed E-state index contributed by atoms with van der Waals surface area (Å²) in [5, 5.41) is 9.49. The highest BCUT2D eigenvalue weighted by molar-refractivity contribution is 5.76. The quantitative estimate of drug-likeness (QED) is 0.606. The standard InChI is InChI=1S/C13H14O3/c1-13(2,15)7-6-11-8-10(9-14)4-5-12(11)16-3/h4-5,8-9,15H,1-3H3. The van der Waals surface area contributed by atoms with Crippen LogP contribution in [0.1, 0.15) is 29.8 Å². The van der Waals surface area contributed by atoms with Crippen molar-refractivity contribution >= 4 is 6.29 Å². The Morgan fingerprint density at radius 1 is 1.44 bits per heavy atom. The summed E-state index contributed by atoms with van der Waals surface area (Å²) in [5.74, 6) is 6.05. The first-order chi connectivity index (χ1) is 7.46. The van der Waals surface area contributed by atoms with Crippen molar-refractivity contribution in [3.05, 3.63) is 29.3 Å². The van der Waals surface area contributed by atoms with Crippen molar-refractivity contribution in [1.82, 2.24) is 0 Å². The molecule has 0 spiro atoms. The van der Waals surface area contributed by atoms with Gasteiger partial charge >= 0.3 is 0 Å². The fraction of sp³-hybridized carbons (Fsp3) is 0.308. The first kappa shape index (κ1) is 12.3. The maximum atomic E-state index is 10.6. The summed E-state index contributed by atoms with van der Waals surface area (Å²) in [6.45, 7) is 3.19. The first-order valence-corrected chi connectivity index (χ1v) is 4.85. The van der Waals surface area contributed by atoms with Gasteiger partial charge in [-0.05, 0) is 32.0 Å².